The lowest BCUT2D eigenvalue weighted by Gasteiger charge is -2.49. The van der Waals surface area contributed by atoms with Crippen molar-refractivity contribution >= 4 is 0 Å². The Kier molecular flexibility index (Phi) is 3.45. The second kappa shape index (κ2) is 4.89. The fourth-order valence-electron chi connectivity index (χ4n) is 4.78. The van der Waals surface area contributed by atoms with Crippen LogP contribution in [-0.2, 0) is 0 Å². The number of hydrogen-bond donors (Lipinski definition) is 1. The van der Waals surface area contributed by atoms with E-state index in [1.807, 2.05) is 0 Å². The van der Waals surface area contributed by atoms with E-state index in [0.29, 0.717) is 5.41 Å². The standard InChI is InChI=1S/C15H28N2/c1-17-11-14(13-5-8-16-10-13)9-15(12-17)6-3-2-4-7-15/h13-14,16H,2-12H2,1H3. The van der Waals surface area contributed by atoms with Gasteiger partial charge in [0.05, 0.1) is 0 Å². The second-order valence-corrected chi connectivity index (χ2v) is 6.97. The molecule has 17 heavy (non-hydrogen) atoms. The molecular weight excluding hydrogens is 208 g/mol. The van der Waals surface area contributed by atoms with Gasteiger partial charge in [-0.15, -0.1) is 0 Å². The summed E-state index contributed by atoms with van der Waals surface area (Å²) in [5.74, 6) is 1.94. The molecule has 3 fully saturated rings. The van der Waals surface area contributed by atoms with Gasteiger partial charge in [-0.05, 0) is 63.1 Å². The van der Waals surface area contributed by atoms with E-state index >= 15 is 0 Å². The summed E-state index contributed by atoms with van der Waals surface area (Å²) in [6.45, 7) is 5.28. The van der Waals surface area contributed by atoms with Gasteiger partial charge in [0.25, 0.3) is 0 Å². The molecule has 2 saturated heterocycles. The van der Waals surface area contributed by atoms with Crippen LogP contribution >= 0.6 is 0 Å². The molecule has 0 amide bonds. The molecule has 0 bridgehead atoms. The number of rotatable bonds is 1. The zero-order valence-corrected chi connectivity index (χ0v) is 11.4. The third-order valence-corrected chi connectivity index (χ3v) is 5.53. The van der Waals surface area contributed by atoms with Gasteiger partial charge in [0.1, 0.15) is 0 Å². The molecule has 2 aliphatic heterocycles. The smallest absolute Gasteiger partial charge is 0.00351 e. The van der Waals surface area contributed by atoms with Crippen LogP contribution in [0.25, 0.3) is 0 Å². The molecule has 1 N–H and O–H groups in total. The van der Waals surface area contributed by atoms with Crippen molar-refractivity contribution < 1.29 is 0 Å². The highest BCUT2D eigenvalue weighted by Crippen LogP contribution is 2.46. The van der Waals surface area contributed by atoms with Gasteiger partial charge in [0, 0.05) is 13.1 Å². The monoisotopic (exact) mass is 236 g/mol. The summed E-state index contributed by atoms with van der Waals surface area (Å²) >= 11 is 0. The number of nitrogens with one attached hydrogen (secondary N) is 1. The molecule has 0 aromatic rings. The molecule has 0 aromatic carbocycles. The maximum absolute atomic E-state index is 3.56. The topological polar surface area (TPSA) is 15.3 Å². The number of nitrogens with zero attached hydrogens (tertiary/aromatic N) is 1. The van der Waals surface area contributed by atoms with Gasteiger partial charge in [0.2, 0.25) is 0 Å². The Morgan fingerprint density at radius 1 is 1.12 bits per heavy atom. The van der Waals surface area contributed by atoms with Crippen molar-refractivity contribution in [3.63, 3.8) is 0 Å². The van der Waals surface area contributed by atoms with Crippen molar-refractivity contribution in [1.29, 1.82) is 0 Å². The fourth-order valence-corrected chi connectivity index (χ4v) is 4.78. The molecule has 1 aliphatic carbocycles. The second-order valence-electron chi connectivity index (χ2n) is 6.97. The molecule has 2 heteroatoms. The molecule has 0 aromatic heterocycles. The molecule has 2 atom stereocenters. The molecule has 2 unspecified atom stereocenters. The van der Waals surface area contributed by atoms with Crippen molar-refractivity contribution in [2.75, 3.05) is 33.2 Å². The molecule has 3 aliphatic rings. The predicted octanol–water partition coefficient (Wildman–Crippen LogP) is 2.50. The number of likely N-dealkylation sites (tertiary alicyclic amines) is 1. The quantitative estimate of drug-likeness (QED) is 0.752. The summed E-state index contributed by atoms with van der Waals surface area (Å²) in [6.07, 6.45) is 10.4. The van der Waals surface area contributed by atoms with Crippen molar-refractivity contribution in [1.82, 2.24) is 10.2 Å². The molecule has 2 heterocycles. The summed E-state index contributed by atoms with van der Waals surface area (Å²) in [5, 5.41) is 3.56. The van der Waals surface area contributed by atoms with E-state index in [0.717, 1.165) is 11.8 Å². The third kappa shape index (κ3) is 2.53. The average Bonchev–Trinajstić information content (AvgIpc) is 2.82. The van der Waals surface area contributed by atoms with Gasteiger partial charge in [0.15, 0.2) is 0 Å². The molecule has 0 radical (unpaired) electrons. The lowest BCUT2D eigenvalue weighted by molar-refractivity contribution is 0.0157. The highest BCUT2D eigenvalue weighted by molar-refractivity contribution is 4.94. The van der Waals surface area contributed by atoms with Crippen LogP contribution < -0.4 is 5.32 Å². The van der Waals surface area contributed by atoms with Crippen molar-refractivity contribution in [3.8, 4) is 0 Å². The first-order chi connectivity index (χ1) is 8.27. The molecule has 1 saturated carbocycles. The Bertz CT molecular complexity index is 252. The average molecular weight is 236 g/mol. The van der Waals surface area contributed by atoms with Crippen LogP contribution in [0.1, 0.15) is 44.9 Å². The summed E-state index contributed by atoms with van der Waals surface area (Å²) < 4.78 is 0. The van der Waals surface area contributed by atoms with Crippen LogP contribution in [0.5, 0.6) is 0 Å². The van der Waals surface area contributed by atoms with Crippen molar-refractivity contribution in [2.24, 2.45) is 17.3 Å². The van der Waals surface area contributed by atoms with E-state index in [4.69, 9.17) is 0 Å². The van der Waals surface area contributed by atoms with E-state index in [1.165, 1.54) is 71.1 Å². The SMILES string of the molecule is CN1CC(C2CCNC2)CC2(CCCCC2)C1. The molecular formula is C15H28N2. The normalized spacial score (nSPS) is 38.6. The fraction of sp³-hybridized carbons (Fsp3) is 1.00. The van der Waals surface area contributed by atoms with Gasteiger partial charge in [-0.1, -0.05) is 19.3 Å². The number of piperidine rings is 1. The highest BCUT2D eigenvalue weighted by atomic mass is 15.1. The van der Waals surface area contributed by atoms with Crippen LogP contribution in [-0.4, -0.2) is 38.1 Å². The zero-order chi connectivity index (χ0) is 11.7. The summed E-state index contributed by atoms with van der Waals surface area (Å²) in [6, 6.07) is 0. The number of hydrogen-bond acceptors (Lipinski definition) is 2. The Morgan fingerprint density at radius 3 is 2.65 bits per heavy atom. The Morgan fingerprint density at radius 2 is 1.94 bits per heavy atom. The molecule has 2 nitrogen and oxygen atoms in total. The largest absolute Gasteiger partial charge is 0.316 e. The molecule has 3 rings (SSSR count). The van der Waals surface area contributed by atoms with E-state index < -0.39 is 0 Å². The Labute approximate surface area is 106 Å². The maximum Gasteiger partial charge on any atom is 0.00351 e. The highest BCUT2D eigenvalue weighted by Gasteiger charge is 2.41. The third-order valence-electron chi connectivity index (χ3n) is 5.53. The van der Waals surface area contributed by atoms with Gasteiger partial charge in [-0.2, -0.15) is 0 Å². The van der Waals surface area contributed by atoms with Gasteiger partial charge in [-0.25, -0.2) is 0 Å². The van der Waals surface area contributed by atoms with Crippen LogP contribution in [0.4, 0.5) is 0 Å². The minimum absolute atomic E-state index is 0.707. The van der Waals surface area contributed by atoms with Gasteiger partial charge < -0.3 is 10.2 Å². The Balaban J connectivity index is 1.69. The minimum Gasteiger partial charge on any atom is -0.316 e. The van der Waals surface area contributed by atoms with Crippen LogP contribution in [0, 0.1) is 17.3 Å². The first-order valence-electron chi connectivity index (χ1n) is 7.67. The lowest BCUT2D eigenvalue weighted by Crippen LogP contribution is -2.48. The van der Waals surface area contributed by atoms with E-state index in [-0.39, 0.29) is 0 Å². The zero-order valence-electron chi connectivity index (χ0n) is 11.4. The van der Waals surface area contributed by atoms with Crippen LogP contribution in [0.15, 0.2) is 0 Å². The van der Waals surface area contributed by atoms with Crippen LogP contribution in [0.2, 0.25) is 0 Å². The van der Waals surface area contributed by atoms with E-state index in [2.05, 4.69) is 17.3 Å². The van der Waals surface area contributed by atoms with E-state index in [1.54, 1.807) is 0 Å². The first kappa shape index (κ1) is 12.0. The molecule has 1 spiro atoms. The summed E-state index contributed by atoms with van der Waals surface area (Å²) in [7, 11) is 2.35. The minimum atomic E-state index is 0.707. The maximum atomic E-state index is 3.56. The summed E-state index contributed by atoms with van der Waals surface area (Å²) in [4.78, 5) is 2.64. The molecule has 98 valence electrons. The predicted molar refractivity (Wildman–Crippen MR) is 72.1 cm³/mol. The van der Waals surface area contributed by atoms with Crippen molar-refractivity contribution in [2.45, 2.75) is 44.9 Å². The Hall–Kier alpha value is -0.0800. The van der Waals surface area contributed by atoms with Crippen molar-refractivity contribution in [3.05, 3.63) is 0 Å². The first-order valence-corrected chi connectivity index (χ1v) is 7.67. The van der Waals surface area contributed by atoms with E-state index in [9.17, 15) is 0 Å². The summed E-state index contributed by atoms with van der Waals surface area (Å²) in [5.41, 5.74) is 0.707. The van der Waals surface area contributed by atoms with Gasteiger partial charge >= 0.3 is 0 Å². The lowest BCUT2D eigenvalue weighted by atomic mass is 9.64. The van der Waals surface area contributed by atoms with Gasteiger partial charge in [-0.3, -0.25) is 0 Å². The van der Waals surface area contributed by atoms with Crippen LogP contribution in [0.3, 0.4) is 0 Å².